The number of nitrogens with zero attached hydrogens (tertiary/aromatic N) is 3. The molecule has 1 fully saturated rings. The van der Waals surface area contributed by atoms with E-state index in [-0.39, 0.29) is 22.4 Å². The number of aromatic nitrogens is 3. The van der Waals surface area contributed by atoms with Gasteiger partial charge in [0.1, 0.15) is 34.2 Å². The summed E-state index contributed by atoms with van der Waals surface area (Å²) in [4.78, 5) is 17.8. The first kappa shape index (κ1) is 30.3. The van der Waals surface area contributed by atoms with Gasteiger partial charge < -0.3 is 20.3 Å². The predicted molar refractivity (Wildman–Crippen MR) is 161 cm³/mol. The van der Waals surface area contributed by atoms with E-state index < -0.39 is 52.4 Å². The fourth-order valence-electron chi connectivity index (χ4n) is 5.34. The van der Waals surface area contributed by atoms with E-state index in [9.17, 15) is 23.8 Å². The quantitative estimate of drug-likeness (QED) is 0.195. The van der Waals surface area contributed by atoms with Crippen LogP contribution < -0.4 is 10.1 Å². The first-order chi connectivity index (χ1) is 21.4. The molecule has 0 spiro atoms. The smallest absolute Gasteiger partial charge is 0.251 e. The molecule has 1 aliphatic carbocycles. The zero-order chi connectivity index (χ0) is 32.1. The number of methoxy groups -OCH3 is 1. The molecule has 2 aromatic heterocycles. The summed E-state index contributed by atoms with van der Waals surface area (Å²) < 4.78 is 52.3. The second-order valence-corrected chi connectivity index (χ2v) is 11.8. The fraction of sp³-hybridized carbons (Fsp3) is 0.265. The molecule has 0 aliphatic heterocycles. The van der Waals surface area contributed by atoms with Crippen molar-refractivity contribution in [1.82, 2.24) is 20.1 Å². The molecule has 0 saturated heterocycles. The van der Waals surface area contributed by atoms with E-state index in [1.54, 1.807) is 42.5 Å². The minimum Gasteiger partial charge on any atom is -0.494 e. The van der Waals surface area contributed by atoms with Gasteiger partial charge >= 0.3 is 0 Å². The van der Waals surface area contributed by atoms with Crippen molar-refractivity contribution in [3.63, 3.8) is 0 Å². The van der Waals surface area contributed by atoms with Crippen LogP contribution >= 0.6 is 0 Å². The number of ether oxygens (including phenoxy) is 1. The second-order valence-electron chi connectivity index (χ2n) is 11.8. The molecule has 8 nitrogen and oxygen atoms in total. The molecule has 1 saturated carbocycles. The highest BCUT2D eigenvalue weighted by Crippen LogP contribution is 2.38. The first-order valence-corrected chi connectivity index (χ1v) is 14.4. The van der Waals surface area contributed by atoms with E-state index >= 15 is 4.39 Å². The lowest BCUT2D eigenvalue weighted by molar-refractivity contribution is 0.0625. The van der Waals surface area contributed by atoms with Gasteiger partial charge in [0, 0.05) is 28.3 Å². The Morgan fingerprint density at radius 2 is 1.78 bits per heavy atom. The number of hydrogen-bond donors (Lipinski definition) is 3. The van der Waals surface area contributed by atoms with Crippen molar-refractivity contribution < 1.29 is 32.9 Å². The summed E-state index contributed by atoms with van der Waals surface area (Å²) in [7, 11) is 1.49. The Morgan fingerprint density at radius 3 is 2.44 bits per heavy atom. The van der Waals surface area contributed by atoms with Gasteiger partial charge in [-0.25, -0.2) is 18.2 Å². The molecule has 45 heavy (non-hydrogen) atoms. The summed E-state index contributed by atoms with van der Waals surface area (Å²) in [6.45, 7) is 2.19. The molecule has 232 valence electrons. The van der Waals surface area contributed by atoms with E-state index in [4.69, 9.17) is 4.74 Å². The number of nitrogens with one attached hydrogen (secondary N) is 1. The van der Waals surface area contributed by atoms with Gasteiger partial charge in [0.2, 0.25) is 0 Å². The lowest BCUT2D eigenvalue weighted by Gasteiger charge is -2.31. The Kier molecular flexibility index (Phi) is 7.62. The third kappa shape index (κ3) is 5.76. The third-order valence-corrected chi connectivity index (χ3v) is 7.97. The van der Waals surface area contributed by atoms with Crippen LogP contribution in [0.1, 0.15) is 59.9 Å². The van der Waals surface area contributed by atoms with Crippen LogP contribution in [0.5, 0.6) is 5.75 Å². The summed E-state index contributed by atoms with van der Waals surface area (Å²) in [6.07, 6.45) is 3.92. The van der Waals surface area contributed by atoms with Crippen molar-refractivity contribution >= 4 is 16.8 Å². The monoisotopic (exact) mass is 616 g/mol. The van der Waals surface area contributed by atoms with Crippen LogP contribution in [-0.2, 0) is 11.2 Å². The number of benzene rings is 3. The Hall–Kier alpha value is -4.74. The maximum absolute atomic E-state index is 15.8. The molecular formula is C34H31F3N4O4. The fourth-order valence-corrected chi connectivity index (χ4v) is 5.34. The van der Waals surface area contributed by atoms with Gasteiger partial charge in [-0.1, -0.05) is 30.3 Å². The summed E-state index contributed by atoms with van der Waals surface area (Å²) in [5.74, 6) is -3.00. The van der Waals surface area contributed by atoms with Crippen LogP contribution in [0.25, 0.3) is 22.2 Å². The molecule has 1 amide bonds. The van der Waals surface area contributed by atoms with E-state index in [0.717, 1.165) is 37.1 Å². The zero-order valence-electron chi connectivity index (χ0n) is 24.8. The highest BCUT2D eigenvalue weighted by Gasteiger charge is 2.38. The average molecular weight is 617 g/mol. The minimum atomic E-state index is -2.10. The van der Waals surface area contributed by atoms with E-state index in [1.165, 1.54) is 21.0 Å². The Morgan fingerprint density at radius 1 is 1.04 bits per heavy atom. The number of pyridine rings is 1. The number of halogens is 3. The molecule has 5 aromatic rings. The van der Waals surface area contributed by atoms with Gasteiger partial charge in [0.15, 0.2) is 5.82 Å². The molecule has 1 atom stereocenters. The van der Waals surface area contributed by atoms with Crippen LogP contribution in [0, 0.1) is 17.5 Å². The molecule has 3 aromatic carbocycles. The largest absolute Gasteiger partial charge is 0.494 e. The molecule has 11 heteroatoms. The summed E-state index contributed by atoms with van der Waals surface area (Å²) in [6, 6.07) is 15.4. The van der Waals surface area contributed by atoms with E-state index in [0.29, 0.717) is 22.7 Å². The summed E-state index contributed by atoms with van der Waals surface area (Å²) in [5, 5.41) is 31.2. The van der Waals surface area contributed by atoms with Crippen LogP contribution in [0.15, 0.2) is 72.9 Å². The topological polar surface area (TPSA) is 110 Å². The van der Waals surface area contributed by atoms with Crippen molar-refractivity contribution in [2.75, 3.05) is 13.7 Å². The molecule has 3 N–H and O–H groups in total. The summed E-state index contributed by atoms with van der Waals surface area (Å²) in [5.41, 5.74) is -4.39. The zero-order valence-corrected chi connectivity index (χ0v) is 24.8. The number of fused-ring (bicyclic) bond motifs is 1. The number of carbonyl (C=O) groups excluding carboxylic acids is 1. The lowest BCUT2D eigenvalue weighted by atomic mass is 9.86. The molecule has 0 bridgehead atoms. The SMILES string of the molecule is COc1cc(C(=O)NC[C@@](O)(c2ccccc2)c2cc(C(C)(C)O)c(F)c(-c3cc(F)ccc3F)n2)cc2cn(C3CC3)nc12. The van der Waals surface area contributed by atoms with Crippen molar-refractivity contribution in [3.05, 3.63) is 113 Å². The van der Waals surface area contributed by atoms with Crippen LogP contribution in [0.4, 0.5) is 13.2 Å². The van der Waals surface area contributed by atoms with Gasteiger partial charge in [-0.05, 0) is 68.7 Å². The Bertz CT molecular complexity index is 1920. The normalized spacial score (nSPS) is 14.8. The van der Waals surface area contributed by atoms with E-state index in [2.05, 4.69) is 15.4 Å². The minimum absolute atomic E-state index is 0.204. The number of carbonyl (C=O) groups is 1. The number of rotatable bonds is 9. The maximum atomic E-state index is 15.8. The van der Waals surface area contributed by atoms with Crippen molar-refractivity contribution in [2.45, 2.75) is 43.9 Å². The maximum Gasteiger partial charge on any atom is 0.251 e. The standard InChI is InChI=1S/C34H31F3N4O4/c1-33(2,43)25-16-28(39-31(29(25)37)24-15-22(35)9-12-26(24)36)34(44,21-7-5-4-6-8-21)18-38-32(42)19-13-20-17-41(23-10-11-23)40-30(20)27(14-19)45-3/h4-9,12-17,23,43-44H,10-11,18H2,1-3H3,(H,38,42)/t34-/m1/s1. The lowest BCUT2D eigenvalue weighted by Crippen LogP contribution is -2.42. The van der Waals surface area contributed by atoms with Gasteiger partial charge in [-0.2, -0.15) is 5.10 Å². The molecule has 1 aliphatic rings. The van der Waals surface area contributed by atoms with Gasteiger partial charge in [0.05, 0.1) is 31.0 Å². The molecule has 0 unspecified atom stereocenters. The number of aliphatic hydroxyl groups is 2. The third-order valence-electron chi connectivity index (χ3n) is 7.97. The summed E-state index contributed by atoms with van der Waals surface area (Å²) >= 11 is 0. The molecular weight excluding hydrogens is 585 g/mol. The molecule has 0 radical (unpaired) electrons. The van der Waals surface area contributed by atoms with Crippen LogP contribution in [0.2, 0.25) is 0 Å². The average Bonchev–Trinajstić information content (AvgIpc) is 3.78. The van der Waals surface area contributed by atoms with E-state index in [1.807, 2.05) is 10.9 Å². The van der Waals surface area contributed by atoms with Crippen molar-refractivity contribution in [2.24, 2.45) is 0 Å². The number of hydrogen-bond acceptors (Lipinski definition) is 6. The second kappa shape index (κ2) is 11.3. The Labute approximate surface area is 257 Å². The van der Waals surface area contributed by atoms with Gasteiger partial charge in [0.25, 0.3) is 5.91 Å². The number of amides is 1. The molecule has 6 rings (SSSR count). The Balaban J connectivity index is 1.43. The van der Waals surface area contributed by atoms with Crippen LogP contribution in [-0.4, -0.2) is 44.5 Å². The van der Waals surface area contributed by atoms with Crippen molar-refractivity contribution in [3.8, 4) is 17.0 Å². The van der Waals surface area contributed by atoms with Crippen LogP contribution in [0.3, 0.4) is 0 Å². The van der Waals surface area contributed by atoms with Gasteiger partial charge in [-0.15, -0.1) is 0 Å². The molecule has 2 heterocycles. The highest BCUT2D eigenvalue weighted by molar-refractivity contribution is 6.00. The van der Waals surface area contributed by atoms with Crippen molar-refractivity contribution in [1.29, 1.82) is 0 Å². The highest BCUT2D eigenvalue weighted by atomic mass is 19.1. The first-order valence-electron chi connectivity index (χ1n) is 14.4. The predicted octanol–water partition coefficient (Wildman–Crippen LogP) is 5.75. The van der Waals surface area contributed by atoms with Gasteiger partial charge in [-0.3, -0.25) is 9.48 Å².